The molecular formula is C17H14BrN3O2S2. The van der Waals surface area contributed by atoms with Crippen LogP contribution in [0.3, 0.4) is 0 Å². The fraction of sp³-hybridized carbons (Fsp3) is 0.118. The molecule has 1 amide bonds. The maximum Gasteiger partial charge on any atom is 0.258 e. The van der Waals surface area contributed by atoms with E-state index in [0.29, 0.717) is 20.9 Å². The number of amides is 1. The Morgan fingerprint density at radius 1 is 1.24 bits per heavy atom. The monoisotopic (exact) mass is 435 g/mol. The first kappa shape index (κ1) is 17.9. The van der Waals surface area contributed by atoms with E-state index in [4.69, 9.17) is 4.74 Å². The van der Waals surface area contributed by atoms with Gasteiger partial charge in [0.1, 0.15) is 5.75 Å². The van der Waals surface area contributed by atoms with Gasteiger partial charge in [-0.25, -0.2) is 0 Å². The van der Waals surface area contributed by atoms with Crippen molar-refractivity contribution in [1.29, 1.82) is 0 Å². The molecule has 1 aromatic heterocycles. The van der Waals surface area contributed by atoms with Crippen LogP contribution in [0.4, 0.5) is 5.13 Å². The number of anilines is 1. The molecule has 3 aromatic rings. The van der Waals surface area contributed by atoms with E-state index in [2.05, 4.69) is 43.6 Å². The molecule has 0 bridgehead atoms. The summed E-state index contributed by atoms with van der Waals surface area (Å²) in [5.41, 5.74) is 1.70. The predicted octanol–water partition coefficient (Wildman–Crippen LogP) is 4.85. The molecule has 0 saturated heterocycles. The molecule has 8 heteroatoms. The van der Waals surface area contributed by atoms with E-state index in [9.17, 15) is 4.79 Å². The lowest BCUT2D eigenvalue weighted by Crippen LogP contribution is -2.12. The minimum Gasteiger partial charge on any atom is -0.497 e. The number of ether oxygens (including phenoxy) is 1. The minimum atomic E-state index is -0.262. The topological polar surface area (TPSA) is 64.1 Å². The highest BCUT2D eigenvalue weighted by Crippen LogP contribution is 2.29. The number of methoxy groups -OCH3 is 1. The Labute approximate surface area is 162 Å². The van der Waals surface area contributed by atoms with E-state index in [1.165, 1.54) is 16.9 Å². The van der Waals surface area contributed by atoms with Gasteiger partial charge in [-0.1, -0.05) is 53.4 Å². The average Bonchev–Trinajstić information content (AvgIpc) is 3.08. The summed E-state index contributed by atoms with van der Waals surface area (Å²) in [5, 5.41) is 11.4. The van der Waals surface area contributed by atoms with Gasteiger partial charge < -0.3 is 4.74 Å². The lowest BCUT2D eigenvalue weighted by Gasteiger charge is -2.06. The summed E-state index contributed by atoms with van der Waals surface area (Å²) in [4.78, 5) is 12.4. The summed E-state index contributed by atoms with van der Waals surface area (Å²) in [5.74, 6) is 1.16. The Kier molecular flexibility index (Phi) is 6.06. The molecule has 0 fully saturated rings. The summed E-state index contributed by atoms with van der Waals surface area (Å²) in [6, 6.07) is 15.4. The molecule has 0 aliphatic heterocycles. The molecule has 1 N–H and O–H groups in total. The van der Waals surface area contributed by atoms with Gasteiger partial charge in [-0.05, 0) is 39.7 Å². The van der Waals surface area contributed by atoms with Crippen molar-refractivity contribution in [3.8, 4) is 5.75 Å². The fourth-order valence-corrected chi connectivity index (χ4v) is 4.14. The van der Waals surface area contributed by atoms with Gasteiger partial charge >= 0.3 is 0 Å². The summed E-state index contributed by atoms with van der Waals surface area (Å²) in [6.07, 6.45) is 0. The summed E-state index contributed by atoms with van der Waals surface area (Å²) >= 11 is 6.32. The zero-order valence-electron chi connectivity index (χ0n) is 13.2. The van der Waals surface area contributed by atoms with Crippen LogP contribution in [0.1, 0.15) is 15.9 Å². The maximum atomic E-state index is 12.4. The standard InChI is InChI=1S/C17H14BrN3O2S2/c1-23-12-7-8-14(18)13(9-12)15(22)19-16-20-21-17(25-16)24-10-11-5-3-2-4-6-11/h2-9H,10H2,1H3,(H,19,20,22). The number of halogens is 1. The van der Waals surface area contributed by atoms with Crippen molar-refractivity contribution >= 4 is 50.1 Å². The third-order valence-corrected chi connectivity index (χ3v) is 5.98. The van der Waals surface area contributed by atoms with Crippen LogP contribution in [0, 0.1) is 0 Å². The van der Waals surface area contributed by atoms with Gasteiger partial charge in [-0.3, -0.25) is 10.1 Å². The highest BCUT2D eigenvalue weighted by molar-refractivity contribution is 9.10. The largest absolute Gasteiger partial charge is 0.497 e. The molecule has 0 aliphatic rings. The molecule has 0 atom stereocenters. The zero-order valence-corrected chi connectivity index (χ0v) is 16.5. The van der Waals surface area contributed by atoms with Crippen molar-refractivity contribution < 1.29 is 9.53 Å². The molecule has 1 heterocycles. The predicted molar refractivity (Wildman–Crippen MR) is 105 cm³/mol. The Balaban J connectivity index is 1.64. The number of rotatable bonds is 6. The third-order valence-electron chi connectivity index (χ3n) is 3.25. The van der Waals surface area contributed by atoms with Gasteiger partial charge in [0.15, 0.2) is 4.34 Å². The molecule has 0 unspecified atom stereocenters. The third kappa shape index (κ3) is 4.81. The SMILES string of the molecule is COc1ccc(Br)c(C(=O)Nc2nnc(SCc3ccccc3)s2)c1. The maximum absolute atomic E-state index is 12.4. The first-order chi connectivity index (χ1) is 12.2. The van der Waals surface area contributed by atoms with Gasteiger partial charge in [0.05, 0.1) is 12.7 Å². The van der Waals surface area contributed by atoms with Crippen LogP contribution < -0.4 is 10.1 Å². The molecule has 25 heavy (non-hydrogen) atoms. The van der Waals surface area contributed by atoms with Crippen LogP contribution in [0.5, 0.6) is 5.75 Å². The lowest BCUT2D eigenvalue weighted by molar-refractivity contribution is 0.102. The van der Waals surface area contributed by atoms with E-state index in [1.54, 1.807) is 37.1 Å². The second kappa shape index (κ2) is 8.46. The summed E-state index contributed by atoms with van der Waals surface area (Å²) in [6.45, 7) is 0. The molecule has 0 spiro atoms. The summed E-state index contributed by atoms with van der Waals surface area (Å²) < 4.78 is 6.66. The van der Waals surface area contributed by atoms with Gasteiger partial charge in [-0.2, -0.15) is 0 Å². The number of aromatic nitrogens is 2. The second-order valence-electron chi connectivity index (χ2n) is 4.95. The molecule has 0 saturated carbocycles. The van der Waals surface area contributed by atoms with Gasteiger partial charge in [0, 0.05) is 10.2 Å². The van der Waals surface area contributed by atoms with Gasteiger partial charge in [0.25, 0.3) is 5.91 Å². The molecule has 0 radical (unpaired) electrons. The Morgan fingerprint density at radius 2 is 2.04 bits per heavy atom. The highest BCUT2D eigenvalue weighted by Gasteiger charge is 2.14. The first-order valence-corrected chi connectivity index (χ1v) is 9.90. The molecule has 128 valence electrons. The molecule has 2 aromatic carbocycles. The van der Waals surface area contributed by atoms with Gasteiger partial charge in [-0.15, -0.1) is 10.2 Å². The van der Waals surface area contributed by atoms with Gasteiger partial charge in [0.2, 0.25) is 5.13 Å². The van der Waals surface area contributed by atoms with Crippen LogP contribution in [0.2, 0.25) is 0 Å². The molecular weight excluding hydrogens is 422 g/mol. The quantitative estimate of drug-likeness (QED) is 0.442. The summed E-state index contributed by atoms with van der Waals surface area (Å²) in [7, 11) is 1.56. The number of hydrogen-bond acceptors (Lipinski definition) is 6. The molecule has 5 nitrogen and oxygen atoms in total. The van der Waals surface area contributed by atoms with Crippen LogP contribution in [0.25, 0.3) is 0 Å². The van der Waals surface area contributed by atoms with Crippen molar-refractivity contribution in [3.63, 3.8) is 0 Å². The first-order valence-electron chi connectivity index (χ1n) is 7.31. The van der Waals surface area contributed by atoms with Crippen LogP contribution >= 0.6 is 39.0 Å². The number of nitrogens with zero attached hydrogens (tertiary/aromatic N) is 2. The number of thioether (sulfide) groups is 1. The van der Waals surface area contributed by atoms with E-state index in [-0.39, 0.29) is 5.91 Å². The van der Waals surface area contributed by atoms with Crippen molar-refractivity contribution in [2.24, 2.45) is 0 Å². The highest BCUT2D eigenvalue weighted by atomic mass is 79.9. The zero-order chi connectivity index (χ0) is 17.6. The Hall–Kier alpha value is -1.90. The average molecular weight is 436 g/mol. The van der Waals surface area contributed by atoms with E-state index >= 15 is 0 Å². The fourth-order valence-electron chi connectivity index (χ4n) is 2.01. The minimum absolute atomic E-state index is 0.262. The normalized spacial score (nSPS) is 10.5. The number of hydrogen-bond donors (Lipinski definition) is 1. The van der Waals surface area contributed by atoms with E-state index in [0.717, 1.165) is 10.1 Å². The Bertz CT molecular complexity index is 871. The van der Waals surface area contributed by atoms with Crippen LogP contribution in [-0.4, -0.2) is 23.2 Å². The van der Waals surface area contributed by atoms with Crippen molar-refractivity contribution in [2.75, 3.05) is 12.4 Å². The number of carbonyl (C=O) groups is 1. The van der Waals surface area contributed by atoms with Crippen molar-refractivity contribution in [1.82, 2.24) is 10.2 Å². The van der Waals surface area contributed by atoms with Crippen molar-refractivity contribution in [2.45, 2.75) is 10.1 Å². The van der Waals surface area contributed by atoms with Crippen LogP contribution in [0.15, 0.2) is 57.3 Å². The molecule has 3 rings (SSSR count). The number of carbonyl (C=O) groups excluding carboxylic acids is 1. The smallest absolute Gasteiger partial charge is 0.258 e. The molecule has 0 aliphatic carbocycles. The Morgan fingerprint density at radius 3 is 2.80 bits per heavy atom. The number of benzene rings is 2. The van der Waals surface area contributed by atoms with Crippen molar-refractivity contribution in [3.05, 3.63) is 64.1 Å². The number of nitrogens with one attached hydrogen (secondary N) is 1. The van der Waals surface area contributed by atoms with Crippen LogP contribution in [-0.2, 0) is 5.75 Å². The second-order valence-corrected chi connectivity index (χ2v) is 8.00. The van der Waals surface area contributed by atoms with E-state index < -0.39 is 0 Å². The lowest BCUT2D eigenvalue weighted by atomic mass is 10.2. The van der Waals surface area contributed by atoms with E-state index in [1.807, 2.05) is 18.2 Å².